The van der Waals surface area contributed by atoms with Gasteiger partial charge in [0.15, 0.2) is 0 Å². The largest absolute Gasteiger partial charge is 0.322 e. The van der Waals surface area contributed by atoms with E-state index in [9.17, 15) is 17.6 Å². The quantitative estimate of drug-likeness (QED) is 0.818. The van der Waals surface area contributed by atoms with Crippen LogP contribution in [0.3, 0.4) is 0 Å². The van der Waals surface area contributed by atoms with Gasteiger partial charge in [0, 0.05) is 17.8 Å². The minimum absolute atomic E-state index is 0.113. The number of hydrogen-bond donors (Lipinski definition) is 2. The lowest BCUT2D eigenvalue weighted by atomic mass is 10.3. The summed E-state index contributed by atoms with van der Waals surface area (Å²) in [6.07, 6.45) is 2.90. The molecule has 114 valence electrons. The van der Waals surface area contributed by atoms with Crippen molar-refractivity contribution in [1.82, 2.24) is 4.72 Å². The molecule has 0 saturated heterocycles. The maximum absolute atomic E-state index is 13.7. The number of halogens is 1. The van der Waals surface area contributed by atoms with E-state index < -0.39 is 20.7 Å². The van der Waals surface area contributed by atoms with Crippen molar-refractivity contribution in [2.75, 3.05) is 5.32 Å². The Hall–Kier alpha value is -1.73. The molecular formula is C14H17FN2O3S. The molecule has 1 aromatic carbocycles. The fourth-order valence-electron chi connectivity index (χ4n) is 1.71. The lowest BCUT2D eigenvalue weighted by molar-refractivity contribution is -0.111. The number of anilines is 1. The maximum atomic E-state index is 13.7. The molecule has 1 saturated carbocycles. The van der Waals surface area contributed by atoms with E-state index in [1.165, 1.54) is 12.1 Å². The van der Waals surface area contributed by atoms with Crippen LogP contribution in [0.25, 0.3) is 0 Å². The monoisotopic (exact) mass is 312 g/mol. The van der Waals surface area contributed by atoms with Crippen LogP contribution in [-0.4, -0.2) is 20.4 Å². The summed E-state index contributed by atoms with van der Waals surface area (Å²) in [4.78, 5) is 11.2. The number of carbonyl (C=O) groups excluding carboxylic acids is 1. The summed E-state index contributed by atoms with van der Waals surface area (Å²) >= 11 is 0. The standard InChI is InChI=1S/C14H17FN2O3S/c1-9(2)7-14(18)16-11-5-6-12(15)13(8-11)21(19,20)17-10-3-4-10/h5-8,10,17H,3-4H2,1-2H3,(H,16,18). The van der Waals surface area contributed by atoms with Crippen LogP contribution < -0.4 is 10.0 Å². The van der Waals surface area contributed by atoms with Crippen LogP contribution in [-0.2, 0) is 14.8 Å². The molecule has 1 aromatic rings. The third-order valence-corrected chi connectivity index (χ3v) is 4.34. The van der Waals surface area contributed by atoms with Gasteiger partial charge in [0.2, 0.25) is 15.9 Å². The van der Waals surface area contributed by atoms with E-state index in [0.29, 0.717) is 0 Å². The first kappa shape index (κ1) is 15.7. The van der Waals surface area contributed by atoms with Crippen molar-refractivity contribution < 1.29 is 17.6 Å². The number of hydrogen-bond acceptors (Lipinski definition) is 3. The third-order valence-electron chi connectivity index (χ3n) is 2.81. The zero-order valence-corrected chi connectivity index (χ0v) is 12.6. The predicted octanol–water partition coefficient (Wildman–Crippen LogP) is 2.17. The second-order valence-corrected chi connectivity index (χ2v) is 6.93. The summed E-state index contributed by atoms with van der Waals surface area (Å²) in [6.45, 7) is 3.53. The molecule has 2 N–H and O–H groups in total. The fourth-order valence-corrected chi connectivity index (χ4v) is 3.12. The Balaban J connectivity index is 2.24. The Morgan fingerprint density at radius 2 is 2.00 bits per heavy atom. The number of nitrogens with one attached hydrogen (secondary N) is 2. The Labute approximate surface area is 123 Å². The van der Waals surface area contributed by atoms with Crippen molar-refractivity contribution in [2.45, 2.75) is 37.6 Å². The number of benzene rings is 1. The van der Waals surface area contributed by atoms with Gasteiger partial charge in [-0.25, -0.2) is 17.5 Å². The predicted molar refractivity (Wildman–Crippen MR) is 77.8 cm³/mol. The van der Waals surface area contributed by atoms with Gasteiger partial charge in [-0.05, 0) is 44.9 Å². The van der Waals surface area contributed by atoms with Gasteiger partial charge in [0.1, 0.15) is 10.7 Å². The van der Waals surface area contributed by atoms with E-state index in [1.54, 1.807) is 13.8 Å². The van der Waals surface area contributed by atoms with E-state index in [-0.39, 0.29) is 17.6 Å². The molecule has 0 aliphatic heterocycles. The summed E-state index contributed by atoms with van der Waals surface area (Å²) in [7, 11) is -3.90. The van der Waals surface area contributed by atoms with Crippen molar-refractivity contribution >= 4 is 21.6 Å². The first-order chi connectivity index (χ1) is 9.78. The molecule has 2 rings (SSSR count). The Morgan fingerprint density at radius 1 is 1.33 bits per heavy atom. The highest BCUT2D eigenvalue weighted by atomic mass is 32.2. The molecular weight excluding hydrogens is 295 g/mol. The summed E-state index contributed by atoms with van der Waals surface area (Å²) in [5.41, 5.74) is 1.04. The lowest BCUT2D eigenvalue weighted by Crippen LogP contribution is -2.26. The second kappa shape index (κ2) is 5.95. The van der Waals surface area contributed by atoms with Crippen molar-refractivity contribution in [1.29, 1.82) is 0 Å². The van der Waals surface area contributed by atoms with Gasteiger partial charge in [-0.3, -0.25) is 4.79 Å². The Bertz CT molecular complexity index is 690. The summed E-state index contributed by atoms with van der Waals surface area (Å²) in [6, 6.07) is 3.36. The summed E-state index contributed by atoms with van der Waals surface area (Å²) in [5, 5.41) is 2.51. The third kappa shape index (κ3) is 4.37. The molecule has 0 bridgehead atoms. The van der Waals surface area contributed by atoms with Crippen LogP contribution in [0.1, 0.15) is 26.7 Å². The highest BCUT2D eigenvalue weighted by Crippen LogP contribution is 2.25. The molecule has 0 atom stereocenters. The first-order valence-corrected chi connectivity index (χ1v) is 8.04. The Kier molecular flexibility index (Phi) is 4.43. The van der Waals surface area contributed by atoms with E-state index >= 15 is 0 Å². The van der Waals surface area contributed by atoms with Crippen molar-refractivity contribution in [3.05, 3.63) is 35.7 Å². The second-order valence-electron chi connectivity index (χ2n) is 5.25. The van der Waals surface area contributed by atoms with Crippen molar-refractivity contribution in [3.8, 4) is 0 Å². The molecule has 1 aliphatic carbocycles. The average Bonchev–Trinajstić information content (AvgIpc) is 3.13. The highest BCUT2D eigenvalue weighted by Gasteiger charge is 2.29. The molecule has 0 heterocycles. The van der Waals surface area contributed by atoms with Crippen LogP contribution in [0.15, 0.2) is 34.7 Å². The van der Waals surface area contributed by atoms with Gasteiger partial charge in [-0.1, -0.05) is 5.57 Å². The van der Waals surface area contributed by atoms with Gasteiger partial charge in [-0.2, -0.15) is 0 Å². The van der Waals surface area contributed by atoms with E-state index in [0.717, 1.165) is 30.5 Å². The zero-order valence-electron chi connectivity index (χ0n) is 11.8. The molecule has 5 nitrogen and oxygen atoms in total. The number of sulfonamides is 1. The van der Waals surface area contributed by atoms with Crippen molar-refractivity contribution in [2.24, 2.45) is 0 Å². The molecule has 0 aromatic heterocycles. The minimum atomic E-state index is -3.90. The molecule has 1 amide bonds. The molecule has 0 radical (unpaired) electrons. The van der Waals surface area contributed by atoms with Gasteiger partial charge >= 0.3 is 0 Å². The number of allylic oxidation sites excluding steroid dienone is 1. The SMILES string of the molecule is CC(C)=CC(=O)Nc1ccc(F)c(S(=O)(=O)NC2CC2)c1. The van der Waals surface area contributed by atoms with Gasteiger partial charge in [0.05, 0.1) is 0 Å². The number of rotatable bonds is 5. The van der Waals surface area contributed by atoms with Crippen LogP contribution in [0.2, 0.25) is 0 Å². The number of carbonyl (C=O) groups is 1. The zero-order chi connectivity index (χ0) is 15.6. The van der Waals surface area contributed by atoms with Crippen LogP contribution >= 0.6 is 0 Å². The fraction of sp³-hybridized carbons (Fsp3) is 0.357. The van der Waals surface area contributed by atoms with Gasteiger partial charge in [-0.15, -0.1) is 0 Å². The topological polar surface area (TPSA) is 75.3 Å². The van der Waals surface area contributed by atoms with Crippen LogP contribution in [0.5, 0.6) is 0 Å². The lowest BCUT2D eigenvalue weighted by Gasteiger charge is -2.09. The smallest absolute Gasteiger partial charge is 0.248 e. The maximum Gasteiger partial charge on any atom is 0.248 e. The highest BCUT2D eigenvalue weighted by molar-refractivity contribution is 7.89. The molecule has 1 fully saturated rings. The van der Waals surface area contributed by atoms with Gasteiger partial charge < -0.3 is 5.32 Å². The number of amides is 1. The molecule has 1 aliphatic rings. The summed E-state index contributed by atoms with van der Waals surface area (Å²) in [5.74, 6) is -1.23. The minimum Gasteiger partial charge on any atom is -0.322 e. The van der Waals surface area contributed by atoms with E-state index in [1.807, 2.05) is 0 Å². The van der Waals surface area contributed by atoms with E-state index in [4.69, 9.17) is 0 Å². The van der Waals surface area contributed by atoms with E-state index in [2.05, 4.69) is 10.0 Å². The Morgan fingerprint density at radius 3 is 2.57 bits per heavy atom. The van der Waals surface area contributed by atoms with Crippen LogP contribution in [0, 0.1) is 5.82 Å². The van der Waals surface area contributed by atoms with Gasteiger partial charge in [0.25, 0.3) is 0 Å². The summed E-state index contributed by atoms with van der Waals surface area (Å²) < 4.78 is 40.2. The van der Waals surface area contributed by atoms with Crippen LogP contribution in [0.4, 0.5) is 10.1 Å². The molecule has 21 heavy (non-hydrogen) atoms. The molecule has 7 heteroatoms. The van der Waals surface area contributed by atoms with Crippen molar-refractivity contribution in [3.63, 3.8) is 0 Å². The first-order valence-electron chi connectivity index (χ1n) is 6.56. The average molecular weight is 312 g/mol. The molecule has 0 spiro atoms. The normalized spacial score (nSPS) is 14.6. The molecule has 0 unspecified atom stereocenters.